The Hall–Kier alpha value is -2.31. The van der Waals surface area contributed by atoms with Crippen LogP contribution in [0.2, 0.25) is 5.02 Å². The molecule has 1 heterocycles. The molecule has 112 valence electrons. The lowest BCUT2D eigenvalue weighted by Gasteiger charge is -2.09. The van der Waals surface area contributed by atoms with Crippen LogP contribution in [-0.4, -0.2) is 16.1 Å². The van der Waals surface area contributed by atoms with Crippen LogP contribution in [0.1, 0.15) is 0 Å². The van der Waals surface area contributed by atoms with E-state index in [1.807, 2.05) is 24.3 Å². The van der Waals surface area contributed by atoms with E-state index in [1.54, 1.807) is 31.4 Å². The first kappa shape index (κ1) is 14.6. The molecule has 0 saturated heterocycles. The quantitative estimate of drug-likeness (QED) is 0.791. The number of benzene rings is 2. The molecule has 1 N–H and O–H groups in total. The fraction of sp³-hybridized carbons (Fsp3) is 0.0667. The average Bonchev–Trinajstić information content (AvgIpc) is 2.89. The van der Waals surface area contributed by atoms with Crippen molar-refractivity contribution in [2.24, 2.45) is 0 Å². The van der Waals surface area contributed by atoms with Crippen LogP contribution in [0, 0.1) is 0 Å². The maximum absolute atomic E-state index is 12.1. The highest BCUT2D eigenvalue weighted by atomic mass is 35.5. The van der Waals surface area contributed by atoms with Gasteiger partial charge in [0.05, 0.1) is 12.8 Å². The number of nitrogens with zero attached hydrogens (tertiary/aromatic N) is 2. The molecule has 0 amide bonds. The molecule has 0 unspecified atom stereocenters. The fourth-order valence-electron chi connectivity index (χ4n) is 1.98. The monoisotopic (exact) mass is 333 g/mol. The largest absolute Gasteiger partial charge is 0.497 e. The molecule has 0 atom stereocenters. The molecule has 0 fully saturated rings. The van der Waals surface area contributed by atoms with Crippen molar-refractivity contribution in [1.82, 2.24) is 8.94 Å². The van der Waals surface area contributed by atoms with Gasteiger partial charge in [0.15, 0.2) is 0 Å². The van der Waals surface area contributed by atoms with E-state index >= 15 is 0 Å². The van der Waals surface area contributed by atoms with Gasteiger partial charge in [-0.1, -0.05) is 17.7 Å². The van der Waals surface area contributed by atoms with Crippen LogP contribution in [-0.2, 0) is 0 Å². The second-order valence-corrected chi connectivity index (χ2v) is 5.59. The van der Waals surface area contributed by atoms with Gasteiger partial charge in [0.1, 0.15) is 5.75 Å². The molecule has 2 aromatic carbocycles. The summed E-state index contributed by atoms with van der Waals surface area (Å²) in [4.78, 5) is 11.9. The van der Waals surface area contributed by atoms with Gasteiger partial charge < -0.3 is 10.1 Å². The summed E-state index contributed by atoms with van der Waals surface area (Å²) in [6.07, 6.45) is 0. The lowest BCUT2D eigenvalue weighted by molar-refractivity contribution is 0.415. The predicted octanol–water partition coefficient (Wildman–Crippen LogP) is 3.70. The third-order valence-corrected chi connectivity index (χ3v) is 3.86. The smallest absolute Gasteiger partial charge is 0.332 e. The normalized spacial score (nSPS) is 10.5. The van der Waals surface area contributed by atoms with Gasteiger partial charge in [0.2, 0.25) is 5.95 Å². The molecule has 1 aromatic heterocycles. The number of halogens is 1. The number of methoxy groups -OCH3 is 1. The second-order valence-electron chi connectivity index (χ2n) is 4.44. The minimum Gasteiger partial charge on any atom is -0.497 e. The first-order chi connectivity index (χ1) is 10.7. The molecule has 3 rings (SSSR count). The Kier molecular flexibility index (Phi) is 4.13. The highest BCUT2D eigenvalue weighted by Crippen LogP contribution is 2.22. The minimum atomic E-state index is -0.182. The number of hydrogen-bond donors (Lipinski definition) is 1. The zero-order chi connectivity index (χ0) is 15.5. The number of nitrogens with one attached hydrogen (secondary N) is 1. The molecule has 22 heavy (non-hydrogen) atoms. The zero-order valence-corrected chi connectivity index (χ0v) is 13.2. The highest BCUT2D eigenvalue weighted by molar-refractivity contribution is 7.03. The molecule has 0 spiro atoms. The van der Waals surface area contributed by atoms with Crippen LogP contribution in [0.5, 0.6) is 5.75 Å². The van der Waals surface area contributed by atoms with Crippen LogP contribution < -0.4 is 14.9 Å². The third kappa shape index (κ3) is 2.98. The van der Waals surface area contributed by atoms with E-state index in [2.05, 4.69) is 9.69 Å². The second kappa shape index (κ2) is 6.21. The van der Waals surface area contributed by atoms with Crippen LogP contribution in [0.25, 0.3) is 5.69 Å². The summed E-state index contributed by atoms with van der Waals surface area (Å²) in [6, 6.07) is 14.4. The van der Waals surface area contributed by atoms with Gasteiger partial charge in [0, 0.05) is 22.2 Å². The molecule has 0 saturated carbocycles. The topological polar surface area (TPSA) is 56.1 Å². The standard InChI is InChI=1S/C15H12ClN3O2S/c1-21-13-7-5-11(6-8-13)17-14-18-22-15(20)19(14)12-4-2-3-10(16)9-12/h2-9H,1H3,(H,17,18). The number of ether oxygens (including phenoxy) is 1. The summed E-state index contributed by atoms with van der Waals surface area (Å²) in [7, 11) is 1.61. The van der Waals surface area contributed by atoms with Gasteiger partial charge >= 0.3 is 4.87 Å². The average molecular weight is 334 g/mol. The van der Waals surface area contributed by atoms with Gasteiger partial charge in [-0.15, -0.1) is 0 Å². The van der Waals surface area contributed by atoms with Crippen molar-refractivity contribution in [3.63, 3.8) is 0 Å². The van der Waals surface area contributed by atoms with Crippen LogP contribution in [0.4, 0.5) is 11.6 Å². The van der Waals surface area contributed by atoms with E-state index in [0.717, 1.165) is 23.0 Å². The van der Waals surface area contributed by atoms with Gasteiger partial charge in [-0.3, -0.25) is 4.79 Å². The summed E-state index contributed by atoms with van der Waals surface area (Å²) >= 11 is 6.88. The molecular formula is C15H12ClN3O2S. The fourth-order valence-corrected chi connectivity index (χ4v) is 2.73. The van der Waals surface area contributed by atoms with E-state index in [-0.39, 0.29) is 4.87 Å². The van der Waals surface area contributed by atoms with Crippen molar-refractivity contribution in [3.8, 4) is 11.4 Å². The maximum atomic E-state index is 12.1. The first-order valence-corrected chi connectivity index (χ1v) is 7.58. The number of rotatable bonds is 4. The summed E-state index contributed by atoms with van der Waals surface area (Å²) in [6.45, 7) is 0. The van der Waals surface area contributed by atoms with E-state index in [9.17, 15) is 4.79 Å². The van der Waals surface area contributed by atoms with E-state index in [4.69, 9.17) is 16.3 Å². The van der Waals surface area contributed by atoms with Crippen LogP contribution >= 0.6 is 23.1 Å². The van der Waals surface area contributed by atoms with Crippen LogP contribution in [0.15, 0.2) is 53.3 Å². The van der Waals surface area contributed by atoms with Crippen molar-refractivity contribution in [2.45, 2.75) is 0 Å². The molecule has 0 bridgehead atoms. The third-order valence-electron chi connectivity index (χ3n) is 3.02. The van der Waals surface area contributed by atoms with Crippen molar-refractivity contribution in [3.05, 3.63) is 63.2 Å². The molecule has 7 heteroatoms. The summed E-state index contributed by atoms with van der Waals surface area (Å²) < 4.78 is 10.8. The van der Waals surface area contributed by atoms with Gasteiger partial charge in [0.25, 0.3) is 0 Å². The molecular weight excluding hydrogens is 322 g/mol. The van der Waals surface area contributed by atoms with Crippen molar-refractivity contribution >= 4 is 34.8 Å². The summed E-state index contributed by atoms with van der Waals surface area (Å²) in [5.74, 6) is 1.21. The Bertz CT molecular complexity index is 842. The molecule has 0 aliphatic carbocycles. The Morgan fingerprint density at radius 2 is 2.00 bits per heavy atom. The SMILES string of the molecule is COc1ccc(Nc2nsc(=O)n2-c2cccc(Cl)c2)cc1. The van der Waals surface area contributed by atoms with Crippen LogP contribution in [0.3, 0.4) is 0 Å². The molecule has 0 radical (unpaired) electrons. The molecule has 0 aliphatic rings. The Labute approximate surface area is 135 Å². The lowest BCUT2D eigenvalue weighted by Crippen LogP contribution is -2.13. The Morgan fingerprint density at radius 1 is 1.23 bits per heavy atom. The van der Waals surface area contributed by atoms with E-state index < -0.39 is 0 Å². The van der Waals surface area contributed by atoms with E-state index in [1.165, 1.54) is 4.57 Å². The molecule has 3 aromatic rings. The molecule has 5 nitrogen and oxygen atoms in total. The highest BCUT2D eigenvalue weighted by Gasteiger charge is 2.11. The minimum absolute atomic E-state index is 0.182. The summed E-state index contributed by atoms with van der Waals surface area (Å²) in [5, 5.41) is 3.69. The van der Waals surface area contributed by atoms with Gasteiger partial charge in [-0.2, -0.15) is 4.37 Å². The van der Waals surface area contributed by atoms with E-state index in [0.29, 0.717) is 16.7 Å². The number of hydrogen-bond acceptors (Lipinski definition) is 5. The Morgan fingerprint density at radius 3 is 2.68 bits per heavy atom. The van der Waals surface area contributed by atoms with Gasteiger partial charge in [-0.25, -0.2) is 4.57 Å². The first-order valence-electron chi connectivity index (χ1n) is 6.43. The van der Waals surface area contributed by atoms with Crippen molar-refractivity contribution in [2.75, 3.05) is 12.4 Å². The maximum Gasteiger partial charge on any atom is 0.332 e. The van der Waals surface area contributed by atoms with Crippen molar-refractivity contribution < 1.29 is 4.74 Å². The number of aromatic nitrogens is 2. The zero-order valence-electron chi connectivity index (χ0n) is 11.6. The summed E-state index contributed by atoms with van der Waals surface area (Å²) in [5.41, 5.74) is 1.48. The van der Waals surface area contributed by atoms with Crippen molar-refractivity contribution in [1.29, 1.82) is 0 Å². The molecule has 0 aliphatic heterocycles. The lowest BCUT2D eigenvalue weighted by atomic mass is 10.3. The Balaban J connectivity index is 1.96. The van der Waals surface area contributed by atoms with Gasteiger partial charge in [-0.05, 0) is 42.5 Å². The predicted molar refractivity (Wildman–Crippen MR) is 89.0 cm³/mol. The number of anilines is 2.